The molecule has 0 fully saturated rings. The average molecular weight is 478 g/mol. The smallest absolute Gasteiger partial charge is 0.341 e. The van der Waals surface area contributed by atoms with Gasteiger partial charge < -0.3 is 14.8 Å². The Kier molecular flexibility index (Phi) is 8.20. The Bertz CT molecular complexity index is 1050. The summed E-state index contributed by atoms with van der Waals surface area (Å²) in [5.74, 6) is -1.36. The minimum Gasteiger partial charge on any atom is -0.462 e. The Balaban J connectivity index is 1.77. The maximum atomic E-state index is 12.8. The number of thiophene rings is 1. The van der Waals surface area contributed by atoms with Gasteiger partial charge in [0.05, 0.1) is 33.4 Å². The summed E-state index contributed by atoms with van der Waals surface area (Å²) < 4.78 is 22.8. The highest BCUT2D eigenvalue weighted by Gasteiger charge is 2.29. The number of carbonyl (C=O) groups is 3. The molecule has 0 saturated heterocycles. The molecule has 0 spiro atoms. The highest BCUT2D eigenvalue weighted by atomic mass is 32.2. The minimum absolute atomic E-state index is 0.172. The van der Waals surface area contributed by atoms with Gasteiger partial charge in [0.25, 0.3) is 5.91 Å². The molecule has 0 unspecified atom stereocenters. The Hall–Kier alpha value is -2.52. The molecule has 1 N–H and O–H groups in total. The van der Waals surface area contributed by atoms with Crippen LogP contribution in [0.25, 0.3) is 0 Å². The first-order chi connectivity index (χ1) is 15.4. The van der Waals surface area contributed by atoms with E-state index < -0.39 is 34.7 Å². The van der Waals surface area contributed by atoms with Crippen LogP contribution in [0.15, 0.2) is 29.2 Å². The summed E-state index contributed by atoms with van der Waals surface area (Å²) >= 11 is 1.37. The van der Waals surface area contributed by atoms with E-state index in [4.69, 9.17) is 9.47 Å². The summed E-state index contributed by atoms with van der Waals surface area (Å²) in [6.07, 6.45) is 2.54. The van der Waals surface area contributed by atoms with Crippen molar-refractivity contribution >= 4 is 45.0 Å². The fourth-order valence-corrected chi connectivity index (χ4v) is 5.77. The lowest BCUT2D eigenvalue weighted by molar-refractivity contribution is -0.123. The van der Waals surface area contributed by atoms with Crippen LogP contribution in [0, 0.1) is 0 Å². The van der Waals surface area contributed by atoms with Gasteiger partial charge in [-0.1, -0.05) is 19.1 Å². The molecule has 1 amide bonds. The van der Waals surface area contributed by atoms with Gasteiger partial charge in [-0.2, -0.15) is 0 Å². The first-order valence-electron chi connectivity index (χ1n) is 10.7. The molecule has 7 nitrogen and oxygen atoms in total. The molecule has 0 bridgehead atoms. The molecular weight excluding hydrogens is 450 g/mol. The number of aryl methyl sites for hydroxylation is 1. The zero-order valence-electron chi connectivity index (χ0n) is 18.4. The maximum Gasteiger partial charge on any atom is 0.341 e. The number of benzene rings is 1. The van der Waals surface area contributed by atoms with Crippen molar-refractivity contribution in [3.8, 4) is 0 Å². The van der Waals surface area contributed by atoms with Gasteiger partial charge >= 0.3 is 11.9 Å². The Morgan fingerprint density at radius 2 is 1.84 bits per heavy atom. The quantitative estimate of drug-likeness (QED) is 0.575. The third-order valence-electron chi connectivity index (χ3n) is 5.16. The molecule has 3 rings (SSSR count). The fourth-order valence-electron chi connectivity index (χ4n) is 3.55. The van der Waals surface area contributed by atoms with Crippen LogP contribution in [0.5, 0.6) is 0 Å². The number of hydrogen-bond acceptors (Lipinski definition) is 7. The van der Waals surface area contributed by atoms with Gasteiger partial charge in [-0.15, -0.1) is 11.3 Å². The third kappa shape index (κ3) is 5.27. The summed E-state index contributed by atoms with van der Waals surface area (Å²) in [4.78, 5) is 39.5. The van der Waals surface area contributed by atoms with Crippen LogP contribution in [0.3, 0.4) is 0 Å². The van der Waals surface area contributed by atoms with Crippen LogP contribution in [0.1, 0.15) is 64.8 Å². The van der Waals surface area contributed by atoms with Crippen molar-refractivity contribution in [3.63, 3.8) is 0 Å². The number of esters is 2. The average Bonchev–Trinajstić information content (AvgIpc) is 3.16. The van der Waals surface area contributed by atoms with E-state index in [0.717, 1.165) is 36.1 Å². The number of carbonyl (C=O) groups excluding carboxylic acids is 3. The van der Waals surface area contributed by atoms with Gasteiger partial charge in [-0.3, -0.25) is 9.00 Å². The highest BCUT2D eigenvalue weighted by Crippen LogP contribution is 2.38. The van der Waals surface area contributed by atoms with Crippen LogP contribution < -0.4 is 5.32 Å². The third-order valence-corrected chi connectivity index (χ3v) is 7.73. The van der Waals surface area contributed by atoms with Crippen LogP contribution in [0.2, 0.25) is 0 Å². The first kappa shape index (κ1) is 24.1. The second-order valence-corrected chi connectivity index (χ2v) is 10.1. The van der Waals surface area contributed by atoms with Crippen molar-refractivity contribution in [1.29, 1.82) is 0 Å². The second-order valence-electron chi connectivity index (χ2n) is 7.30. The zero-order valence-corrected chi connectivity index (χ0v) is 20.0. The van der Waals surface area contributed by atoms with Gasteiger partial charge in [0, 0.05) is 10.6 Å². The summed E-state index contributed by atoms with van der Waals surface area (Å²) in [7, 11) is -1.34. The van der Waals surface area contributed by atoms with Crippen molar-refractivity contribution in [1.82, 2.24) is 0 Å². The van der Waals surface area contributed by atoms with Crippen LogP contribution in [-0.2, 0) is 37.9 Å². The molecule has 1 aliphatic rings. The lowest BCUT2D eigenvalue weighted by Gasteiger charge is -2.15. The van der Waals surface area contributed by atoms with E-state index in [1.54, 1.807) is 32.0 Å². The molecule has 32 heavy (non-hydrogen) atoms. The predicted octanol–water partition coefficient (Wildman–Crippen LogP) is 4.12. The SMILES string of the molecule is CCOC(=O)c1c(NC(=O)[C@@H](C)OC(=O)c2ccccc2[S@](=O)CC)sc2c1CCCC2. The molecule has 9 heteroatoms. The molecule has 172 valence electrons. The number of nitrogens with one attached hydrogen (secondary N) is 1. The lowest BCUT2D eigenvalue weighted by Crippen LogP contribution is -2.30. The Labute approximate surface area is 194 Å². The molecule has 1 aromatic heterocycles. The molecule has 0 saturated carbocycles. The number of amides is 1. The predicted molar refractivity (Wildman–Crippen MR) is 124 cm³/mol. The van der Waals surface area contributed by atoms with Crippen molar-refractivity contribution in [3.05, 3.63) is 45.8 Å². The van der Waals surface area contributed by atoms with Crippen LogP contribution >= 0.6 is 11.3 Å². The molecule has 2 atom stereocenters. The van der Waals surface area contributed by atoms with Gasteiger partial charge in [0.15, 0.2) is 6.10 Å². The molecule has 2 aromatic rings. The summed E-state index contributed by atoms with van der Waals surface area (Å²) in [6, 6.07) is 6.50. The number of ether oxygens (including phenoxy) is 2. The molecule has 1 aromatic carbocycles. The van der Waals surface area contributed by atoms with E-state index in [2.05, 4.69) is 5.32 Å². The normalized spacial score (nSPS) is 14.7. The lowest BCUT2D eigenvalue weighted by atomic mass is 9.95. The number of rotatable bonds is 8. The van der Waals surface area contributed by atoms with Gasteiger partial charge in [-0.05, 0) is 57.2 Å². The summed E-state index contributed by atoms with van der Waals surface area (Å²) in [6.45, 7) is 5.20. The van der Waals surface area contributed by atoms with Crippen molar-refractivity contribution in [2.75, 3.05) is 17.7 Å². The topological polar surface area (TPSA) is 98.8 Å². The van der Waals surface area contributed by atoms with E-state index >= 15 is 0 Å². The van der Waals surface area contributed by atoms with E-state index in [9.17, 15) is 18.6 Å². The van der Waals surface area contributed by atoms with Crippen LogP contribution in [-0.4, -0.2) is 40.5 Å². The van der Waals surface area contributed by atoms with Crippen molar-refractivity contribution in [2.24, 2.45) is 0 Å². The van der Waals surface area contributed by atoms with E-state index in [1.165, 1.54) is 24.3 Å². The zero-order chi connectivity index (χ0) is 23.3. The second kappa shape index (κ2) is 10.9. The molecular formula is C23H27NO6S2. The van der Waals surface area contributed by atoms with Gasteiger partial charge in [0.2, 0.25) is 0 Å². The number of anilines is 1. The van der Waals surface area contributed by atoms with Crippen molar-refractivity contribution in [2.45, 2.75) is 57.5 Å². The highest BCUT2D eigenvalue weighted by molar-refractivity contribution is 7.85. The number of hydrogen-bond donors (Lipinski definition) is 1. The van der Waals surface area contributed by atoms with E-state index in [0.29, 0.717) is 21.2 Å². The van der Waals surface area contributed by atoms with Gasteiger partial charge in [0.1, 0.15) is 5.00 Å². The Morgan fingerprint density at radius 3 is 2.56 bits per heavy atom. The van der Waals surface area contributed by atoms with Gasteiger partial charge in [-0.25, -0.2) is 9.59 Å². The monoisotopic (exact) mass is 477 g/mol. The summed E-state index contributed by atoms with van der Waals surface area (Å²) in [5, 5.41) is 3.18. The van der Waals surface area contributed by atoms with Crippen LogP contribution in [0.4, 0.5) is 5.00 Å². The molecule has 1 heterocycles. The van der Waals surface area contributed by atoms with E-state index in [1.807, 2.05) is 0 Å². The van der Waals surface area contributed by atoms with Crippen molar-refractivity contribution < 1.29 is 28.1 Å². The standard InChI is InChI=1S/C23H27NO6S2/c1-4-29-23(27)19-15-10-6-8-12-17(15)31-21(19)24-20(25)14(3)30-22(26)16-11-7-9-13-18(16)32(28)5-2/h7,9,11,13-14H,4-6,8,10,12H2,1-3H3,(H,24,25)/t14-,32-/m1/s1. The fraction of sp³-hybridized carbons (Fsp3) is 0.435. The molecule has 1 aliphatic carbocycles. The summed E-state index contributed by atoms with van der Waals surface area (Å²) in [5.41, 5.74) is 1.52. The molecule has 0 aliphatic heterocycles. The Morgan fingerprint density at radius 1 is 1.12 bits per heavy atom. The largest absolute Gasteiger partial charge is 0.462 e. The maximum absolute atomic E-state index is 12.8. The minimum atomic E-state index is -1.34. The van der Waals surface area contributed by atoms with E-state index in [-0.39, 0.29) is 12.2 Å². The number of fused-ring (bicyclic) bond motifs is 1. The first-order valence-corrected chi connectivity index (χ1v) is 12.8. The molecule has 0 radical (unpaired) electrons.